The van der Waals surface area contributed by atoms with Crippen LogP contribution < -0.4 is 9.47 Å². The minimum Gasteiger partial charge on any atom is -0.493 e. The Morgan fingerprint density at radius 1 is 1.40 bits per heavy atom. The fourth-order valence-electron chi connectivity index (χ4n) is 2.25. The smallest absolute Gasteiger partial charge is 0.303 e. The van der Waals surface area contributed by atoms with Crippen molar-refractivity contribution in [1.29, 1.82) is 0 Å². The molecule has 1 amide bonds. The predicted molar refractivity (Wildman–Crippen MR) is 104 cm³/mol. The third kappa shape index (κ3) is 4.74. The van der Waals surface area contributed by atoms with Gasteiger partial charge in [0.1, 0.15) is 4.32 Å². The summed E-state index contributed by atoms with van der Waals surface area (Å²) < 4.78 is 11.7. The number of thiocarbonyl (C=S) groups is 1. The number of halogens is 1. The third-order valence-corrected chi connectivity index (χ3v) is 5.37. The quantitative estimate of drug-likeness (QED) is 0.507. The molecule has 1 aliphatic rings. The van der Waals surface area contributed by atoms with Crippen LogP contribution in [0.5, 0.6) is 11.5 Å². The average molecular weight is 446 g/mol. The summed E-state index contributed by atoms with van der Waals surface area (Å²) in [6, 6.07) is 3.58. The lowest BCUT2D eigenvalue weighted by atomic mass is 10.2. The van der Waals surface area contributed by atoms with E-state index in [4.69, 9.17) is 26.8 Å². The zero-order valence-corrected chi connectivity index (χ0v) is 16.8. The molecule has 6 nitrogen and oxygen atoms in total. The summed E-state index contributed by atoms with van der Waals surface area (Å²) in [5.74, 6) is 0.00314. The number of rotatable bonds is 7. The van der Waals surface area contributed by atoms with Gasteiger partial charge >= 0.3 is 5.97 Å². The molecule has 0 unspecified atom stereocenters. The number of aliphatic carboxylic acids is 1. The van der Waals surface area contributed by atoms with Gasteiger partial charge in [-0.15, -0.1) is 0 Å². The van der Waals surface area contributed by atoms with Crippen LogP contribution in [0.2, 0.25) is 0 Å². The van der Waals surface area contributed by atoms with Crippen LogP contribution in [0.3, 0.4) is 0 Å². The van der Waals surface area contributed by atoms with Crippen molar-refractivity contribution in [2.45, 2.75) is 12.8 Å². The normalized spacial score (nSPS) is 15.8. The molecule has 1 fully saturated rings. The molecule has 0 saturated carbocycles. The molecular weight excluding hydrogens is 430 g/mol. The highest BCUT2D eigenvalue weighted by atomic mass is 79.9. The topological polar surface area (TPSA) is 76.1 Å². The molecule has 1 aromatic rings. The first kappa shape index (κ1) is 19.7. The zero-order valence-electron chi connectivity index (χ0n) is 13.6. The van der Waals surface area contributed by atoms with Crippen LogP contribution in [0.1, 0.15) is 18.4 Å². The number of thioether (sulfide) groups is 1. The maximum absolute atomic E-state index is 12.5. The number of hydrogen-bond acceptors (Lipinski definition) is 6. The van der Waals surface area contributed by atoms with E-state index in [2.05, 4.69) is 15.9 Å². The number of nitrogens with zero attached hydrogens (tertiary/aromatic N) is 1. The van der Waals surface area contributed by atoms with Crippen LogP contribution in [-0.4, -0.2) is 47.0 Å². The minimum absolute atomic E-state index is 0.00126. The second-order valence-corrected chi connectivity index (χ2v) is 7.60. The van der Waals surface area contributed by atoms with Crippen molar-refractivity contribution in [3.63, 3.8) is 0 Å². The van der Waals surface area contributed by atoms with Gasteiger partial charge in [0, 0.05) is 13.0 Å². The summed E-state index contributed by atoms with van der Waals surface area (Å²) in [7, 11) is 3.08. The molecule has 0 bridgehead atoms. The van der Waals surface area contributed by atoms with Crippen molar-refractivity contribution in [3.05, 3.63) is 27.1 Å². The largest absolute Gasteiger partial charge is 0.493 e. The number of carboxylic acid groups (broad SMARTS) is 1. The average Bonchev–Trinajstić information content (AvgIpc) is 2.81. The number of hydrogen-bond donors (Lipinski definition) is 1. The van der Waals surface area contributed by atoms with Gasteiger partial charge in [-0.3, -0.25) is 14.5 Å². The Labute approximate surface area is 163 Å². The molecular formula is C16H16BrNO5S2. The summed E-state index contributed by atoms with van der Waals surface area (Å²) in [6.07, 6.45) is 2.08. The van der Waals surface area contributed by atoms with Crippen molar-refractivity contribution in [1.82, 2.24) is 4.90 Å². The van der Waals surface area contributed by atoms with Gasteiger partial charge in [0.15, 0.2) is 11.5 Å². The number of methoxy groups -OCH3 is 2. The van der Waals surface area contributed by atoms with Crippen molar-refractivity contribution in [2.75, 3.05) is 20.8 Å². The van der Waals surface area contributed by atoms with E-state index in [1.54, 1.807) is 19.3 Å². The van der Waals surface area contributed by atoms with Gasteiger partial charge in [-0.1, -0.05) is 24.0 Å². The Morgan fingerprint density at radius 3 is 2.72 bits per heavy atom. The van der Waals surface area contributed by atoms with Crippen LogP contribution in [0, 0.1) is 0 Å². The predicted octanol–water partition coefficient (Wildman–Crippen LogP) is 3.53. The van der Waals surface area contributed by atoms with E-state index in [1.165, 1.54) is 23.8 Å². The van der Waals surface area contributed by atoms with E-state index in [0.717, 1.165) is 5.56 Å². The first-order valence-corrected chi connectivity index (χ1v) is 9.27. The van der Waals surface area contributed by atoms with Crippen LogP contribution >= 0.6 is 39.9 Å². The lowest BCUT2D eigenvalue weighted by molar-refractivity contribution is -0.137. The van der Waals surface area contributed by atoms with E-state index in [9.17, 15) is 9.59 Å². The highest BCUT2D eigenvalue weighted by molar-refractivity contribution is 9.10. The van der Waals surface area contributed by atoms with Gasteiger partial charge in [0.2, 0.25) is 0 Å². The standard InChI is InChI=1S/C16H16BrNO5S2/c1-22-11-7-9(6-10(17)14(11)23-2)8-12-15(21)18(16(24)25-12)5-3-4-13(19)20/h6-8H,3-5H2,1-2H3,(H,19,20). The number of carboxylic acids is 1. The Hall–Kier alpha value is -1.58. The molecule has 134 valence electrons. The Morgan fingerprint density at radius 2 is 2.12 bits per heavy atom. The number of benzene rings is 1. The van der Waals surface area contributed by atoms with Gasteiger partial charge in [-0.25, -0.2) is 0 Å². The molecule has 0 spiro atoms. The molecule has 1 aliphatic heterocycles. The van der Waals surface area contributed by atoms with E-state index in [-0.39, 0.29) is 12.3 Å². The molecule has 1 saturated heterocycles. The lowest BCUT2D eigenvalue weighted by Gasteiger charge is -2.13. The highest BCUT2D eigenvalue weighted by Crippen LogP contribution is 2.38. The summed E-state index contributed by atoms with van der Waals surface area (Å²) in [5.41, 5.74) is 0.760. The molecule has 0 radical (unpaired) electrons. The van der Waals surface area contributed by atoms with Crippen LogP contribution in [0.4, 0.5) is 0 Å². The first-order valence-electron chi connectivity index (χ1n) is 7.26. The first-order chi connectivity index (χ1) is 11.9. The summed E-state index contributed by atoms with van der Waals surface area (Å²) in [5, 5.41) is 8.70. The monoisotopic (exact) mass is 445 g/mol. The van der Waals surface area contributed by atoms with Crippen molar-refractivity contribution in [3.8, 4) is 11.5 Å². The molecule has 1 aromatic carbocycles. The van der Waals surface area contributed by atoms with Crippen LogP contribution in [0.25, 0.3) is 6.08 Å². The SMILES string of the molecule is COc1cc(C=C2SC(=S)N(CCCC(=O)O)C2=O)cc(Br)c1OC. The molecule has 2 rings (SSSR count). The molecule has 0 aromatic heterocycles. The molecule has 1 heterocycles. The number of amides is 1. The van der Waals surface area contributed by atoms with Gasteiger partial charge in [0.05, 0.1) is 23.6 Å². The molecule has 0 aliphatic carbocycles. The van der Waals surface area contributed by atoms with Gasteiger partial charge in [-0.2, -0.15) is 0 Å². The van der Waals surface area contributed by atoms with Gasteiger partial charge in [0.25, 0.3) is 5.91 Å². The summed E-state index contributed by atoms with van der Waals surface area (Å²) in [6.45, 7) is 0.296. The second kappa shape index (κ2) is 8.68. The number of ether oxygens (including phenoxy) is 2. The van der Waals surface area contributed by atoms with Crippen molar-refractivity contribution in [2.24, 2.45) is 0 Å². The fraction of sp³-hybridized carbons (Fsp3) is 0.312. The molecule has 9 heteroatoms. The maximum Gasteiger partial charge on any atom is 0.303 e. The van der Waals surface area contributed by atoms with Gasteiger partial charge < -0.3 is 14.6 Å². The van der Waals surface area contributed by atoms with Crippen LogP contribution in [-0.2, 0) is 9.59 Å². The van der Waals surface area contributed by atoms with Crippen molar-refractivity contribution < 1.29 is 24.2 Å². The Balaban J connectivity index is 2.21. The molecule has 1 N–H and O–H groups in total. The Bertz CT molecular complexity index is 750. The van der Waals surface area contributed by atoms with E-state index < -0.39 is 5.97 Å². The van der Waals surface area contributed by atoms with Crippen molar-refractivity contribution >= 4 is 62.2 Å². The maximum atomic E-state index is 12.5. The van der Waals surface area contributed by atoms with E-state index in [1.807, 2.05) is 6.07 Å². The second-order valence-electron chi connectivity index (χ2n) is 5.07. The molecule has 25 heavy (non-hydrogen) atoms. The Kier molecular flexibility index (Phi) is 6.86. The summed E-state index contributed by atoms with van der Waals surface area (Å²) >= 11 is 9.85. The van der Waals surface area contributed by atoms with E-state index >= 15 is 0 Å². The minimum atomic E-state index is -0.892. The summed E-state index contributed by atoms with van der Waals surface area (Å²) in [4.78, 5) is 25.0. The van der Waals surface area contributed by atoms with Gasteiger partial charge in [-0.05, 0) is 46.1 Å². The highest BCUT2D eigenvalue weighted by Gasteiger charge is 2.31. The van der Waals surface area contributed by atoms with Crippen LogP contribution in [0.15, 0.2) is 21.5 Å². The number of carbonyl (C=O) groups is 2. The zero-order chi connectivity index (χ0) is 18.6. The number of carbonyl (C=O) groups excluding carboxylic acids is 1. The lowest BCUT2D eigenvalue weighted by Crippen LogP contribution is -2.29. The third-order valence-electron chi connectivity index (χ3n) is 3.40. The van der Waals surface area contributed by atoms with E-state index in [0.29, 0.717) is 38.2 Å². The fourth-order valence-corrected chi connectivity index (χ4v) is 4.18. The molecule has 0 atom stereocenters.